The number of para-hydroxylation sites is 2. The molecule has 0 unspecified atom stereocenters. The highest BCUT2D eigenvalue weighted by Gasteiger charge is 2.17. The van der Waals surface area contributed by atoms with Crippen LogP contribution in [0.15, 0.2) is 46.9 Å². The lowest BCUT2D eigenvalue weighted by Gasteiger charge is -2.03. The molecule has 0 radical (unpaired) electrons. The molecule has 2 aromatic heterocycles. The number of imidazole rings is 1. The molecule has 0 saturated heterocycles. The predicted octanol–water partition coefficient (Wildman–Crippen LogP) is 4.12. The number of aromatic amines is 1. The van der Waals surface area contributed by atoms with Crippen LogP contribution in [0.2, 0.25) is 0 Å². The molecule has 0 bridgehead atoms. The fraction of sp³-hybridized carbons (Fsp3) is 0.200. The molecule has 0 aliphatic heterocycles. The quantitative estimate of drug-likeness (QED) is 0.531. The number of amides is 1. The molecule has 5 nitrogen and oxygen atoms in total. The number of rotatable bonds is 5. The number of carbonyl (C=O) groups excluding carboxylic acids is 1. The first-order chi connectivity index (χ1) is 12.6. The highest BCUT2D eigenvalue weighted by molar-refractivity contribution is 5.98. The Morgan fingerprint density at radius 3 is 2.96 bits per heavy atom. The lowest BCUT2D eigenvalue weighted by molar-refractivity contribution is 0.0927. The van der Waals surface area contributed by atoms with Crippen LogP contribution in [0.25, 0.3) is 22.0 Å². The molecule has 0 atom stereocenters. The summed E-state index contributed by atoms with van der Waals surface area (Å²) in [6, 6.07) is 12.1. The Morgan fingerprint density at radius 1 is 1.27 bits per heavy atom. The number of nitrogens with zero attached hydrogens (tertiary/aromatic N) is 1. The van der Waals surface area contributed by atoms with Crippen LogP contribution in [0, 0.1) is 12.7 Å². The van der Waals surface area contributed by atoms with Gasteiger partial charge in [0.05, 0.1) is 11.0 Å². The van der Waals surface area contributed by atoms with E-state index in [1.165, 1.54) is 18.2 Å². The van der Waals surface area contributed by atoms with Crippen LogP contribution in [-0.4, -0.2) is 22.4 Å². The summed E-state index contributed by atoms with van der Waals surface area (Å²) < 4.78 is 18.9. The van der Waals surface area contributed by atoms with E-state index in [0.717, 1.165) is 29.7 Å². The Labute approximate surface area is 149 Å². The van der Waals surface area contributed by atoms with Crippen molar-refractivity contribution in [3.8, 4) is 0 Å². The average molecular weight is 351 g/mol. The number of fused-ring (bicyclic) bond motifs is 2. The lowest BCUT2D eigenvalue weighted by atomic mass is 10.1. The molecule has 0 spiro atoms. The second kappa shape index (κ2) is 6.63. The van der Waals surface area contributed by atoms with Gasteiger partial charge in [0.25, 0.3) is 5.91 Å². The minimum Gasteiger partial charge on any atom is -0.451 e. The molecule has 4 aromatic rings. The van der Waals surface area contributed by atoms with Crippen LogP contribution in [0.4, 0.5) is 4.39 Å². The second-order valence-corrected chi connectivity index (χ2v) is 6.26. The number of halogens is 1. The van der Waals surface area contributed by atoms with Gasteiger partial charge >= 0.3 is 0 Å². The average Bonchev–Trinajstić information content (AvgIpc) is 3.19. The van der Waals surface area contributed by atoms with Crippen molar-refractivity contribution in [3.05, 3.63) is 65.4 Å². The first-order valence-electron chi connectivity index (χ1n) is 8.52. The topological polar surface area (TPSA) is 70.9 Å². The van der Waals surface area contributed by atoms with Crippen molar-refractivity contribution < 1.29 is 13.6 Å². The molecule has 132 valence electrons. The number of H-pyrrole nitrogens is 1. The van der Waals surface area contributed by atoms with Gasteiger partial charge in [0.1, 0.15) is 17.2 Å². The molecule has 4 rings (SSSR count). The molecule has 0 fully saturated rings. The largest absolute Gasteiger partial charge is 0.451 e. The van der Waals surface area contributed by atoms with Crippen molar-refractivity contribution in [3.63, 3.8) is 0 Å². The Hall–Kier alpha value is -3.15. The van der Waals surface area contributed by atoms with Crippen LogP contribution in [0.1, 0.15) is 28.4 Å². The summed E-state index contributed by atoms with van der Waals surface area (Å²) in [5, 5.41) is 3.47. The van der Waals surface area contributed by atoms with Crippen molar-refractivity contribution in [2.75, 3.05) is 6.54 Å². The first-order valence-corrected chi connectivity index (χ1v) is 8.52. The summed E-state index contributed by atoms with van der Waals surface area (Å²) >= 11 is 0. The van der Waals surface area contributed by atoms with Crippen molar-refractivity contribution in [1.29, 1.82) is 0 Å². The number of aryl methyl sites for hydroxylation is 2. The SMILES string of the molecule is Cc1c(C(=O)NCCCc2nc3ccccc3[nH]2)oc2ccc(F)cc12. The van der Waals surface area contributed by atoms with E-state index in [4.69, 9.17) is 4.42 Å². The molecular weight excluding hydrogens is 333 g/mol. The first kappa shape index (κ1) is 16.3. The fourth-order valence-electron chi connectivity index (χ4n) is 3.07. The maximum Gasteiger partial charge on any atom is 0.287 e. The van der Waals surface area contributed by atoms with E-state index in [1.807, 2.05) is 24.3 Å². The lowest BCUT2D eigenvalue weighted by Crippen LogP contribution is -2.25. The fourth-order valence-corrected chi connectivity index (χ4v) is 3.07. The van der Waals surface area contributed by atoms with Crippen molar-refractivity contribution in [1.82, 2.24) is 15.3 Å². The molecular formula is C20H18FN3O2. The summed E-state index contributed by atoms with van der Waals surface area (Å²) in [4.78, 5) is 20.1. The third kappa shape index (κ3) is 3.06. The third-order valence-electron chi connectivity index (χ3n) is 4.42. The summed E-state index contributed by atoms with van der Waals surface area (Å²) in [6.07, 6.45) is 1.48. The number of aromatic nitrogens is 2. The summed E-state index contributed by atoms with van der Waals surface area (Å²) in [6.45, 7) is 2.26. The van der Waals surface area contributed by atoms with Gasteiger partial charge in [0, 0.05) is 23.9 Å². The van der Waals surface area contributed by atoms with Crippen molar-refractivity contribution in [2.24, 2.45) is 0 Å². The van der Waals surface area contributed by atoms with Crippen molar-refractivity contribution in [2.45, 2.75) is 19.8 Å². The number of hydrogen-bond donors (Lipinski definition) is 2. The molecule has 6 heteroatoms. The van der Waals surface area contributed by atoms with Crippen LogP contribution in [0.5, 0.6) is 0 Å². The zero-order valence-corrected chi connectivity index (χ0v) is 14.3. The van der Waals surface area contributed by atoms with Gasteiger partial charge in [-0.2, -0.15) is 0 Å². The zero-order valence-electron chi connectivity index (χ0n) is 14.3. The summed E-state index contributed by atoms with van der Waals surface area (Å²) in [5.41, 5.74) is 3.11. The molecule has 0 aliphatic rings. The number of furan rings is 1. The van der Waals surface area contributed by atoms with Gasteiger partial charge in [-0.05, 0) is 43.7 Å². The predicted molar refractivity (Wildman–Crippen MR) is 97.7 cm³/mol. The number of carbonyl (C=O) groups is 1. The standard InChI is InChI=1S/C20H18FN3O2/c1-12-14-11-13(21)8-9-17(14)26-19(12)20(25)22-10-4-7-18-23-15-5-2-3-6-16(15)24-18/h2-3,5-6,8-9,11H,4,7,10H2,1H3,(H,22,25)(H,23,24). The van der Waals surface area contributed by atoms with Gasteiger partial charge in [0.15, 0.2) is 5.76 Å². The van der Waals surface area contributed by atoms with E-state index in [9.17, 15) is 9.18 Å². The minimum absolute atomic E-state index is 0.231. The Kier molecular flexibility index (Phi) is 4.16. The molecule has 2 aromatic carbocycles. The number of nitrogens with one attached hydrogen (secondary N) is 2. The smallest absolute Gasteiger partial charge is 0.287 e. The molecule has 2 N–H and O–H groups in total. The van der Waals surface area contributed by atoms with Crippen LogP contribution in [0.3, 0.4) is 0 Å². The van der Waals surface area contributed by atoms with Crippen LogP contribution in [-0.2, 0) is 6.42 Å². The Balaban J connectivity index is 1.37. The normalized spacial score (nSPS) is 11.3. The van der Waals surface area contributed by atoms with E-state index in [0.29, 0.717) is 23.1 Å². The van der Waals surface area contributed by atoms with E-state index in [1.54, 1.807) is 6.92 Å². The highest BCUT2D eigenvalue weighted by atomic mass is 19.1. The van der Waals surface area contributed by atoms with Gasteiger partial charge in [-0.1, -0.05) is 12.1 Å². The van der Waals surface area contributed by atoms with Gasteiger partial charge in [0.2, 0.25) is 0 Å². The monoisotopic (exact) mass is 351 g/mol. The van der Waals surface area contributed by atoms with E-state index in [-0.39, 0.29) is 17.5 Å². The third-order valence-corrected chi connectivity index (χ3v) is 4.42. The van der Waals surface area contributed by atoms with Crippen LogP contribution >= 0.6 is 0 Å². The molecule has 26 heavy (non-hydrogen) atoms. The maximum absolute atomic E-state index is 13.4. The highest BCUT2D eigenvalue weighted by Crippen LogP contribution is 2.25. The Bertz CT molecular complexity index is 1060. The molecule has 0 aliphatic carbocycles. The molecule has 2 heterocycles. The van der Waals surface area contributed by atoms with Crippen molar-refractivity contribution >= 4 is 27.9 Å². The molecule has 1 amide bonds. The van der Waals surface area contributed by atoms with E-state index >= 15 is 0 Å². The zero-order chi connectivity index (χ0) is 18.1. The molecule has 0 saturated carbocycles. The van der Waals surface area contributed by atoms with E-state index < -0.39 is 0 Å². The summed E-state index contributed by atoms with van der Waals surface area (Å²) in [7, 11) is 0. The number of hydrogen-bond acceptors (Lipinski definition) is 3. The summed E-state index contributed by atoms with van der Waals surface area (Å²) in [5.74, 6) is 0.494. The number of benzene rings is 2. The second-order valence-electron chi connectivity index (χ2n) is 6.26. The van der Waals surface area contributed by atoms with Gasteiger partial charge in [-0.3, -0.25) is 4.79 Å². The minimum atomic E-state index is -0.348. The van der Waals surface area contributed by atoms with Gasteiger partial charge in [-0.25, -0.2) is 9.37 Å². The van der Waals surface area contributed by atoms with E-state index in [2.05, 4.69) is 15.3 Å². The Morgan fingerprint density at radius 2 is 2.12 bits per heavy atom. The van der Waals surface area contributed by atoms with Gasteiger partial charge < -0.3 is 14.7 Å². The van der Waals surface area contributed by atoms with Crippen LogP contribution < -0.4 is 5.32 Å². The van der Waals surface area contributed by atoms with Gasteiger partial charge in [-0.15, -0.1) is 0 Å². The maximum atomic E-state index is 13.4.